The zero-order valence-corrected chi connectivity index (χ0v) is 12.9. The molecule has 102 valence electrons. The highest BCUT2D eigenvalue weighted by atomic mass is 35.7. The third kappa shape index (κ3) is 3.75. The van der Waals surface area contributed by atoms with Gasteiger partial charge in [-0.25, -0.2) is 13.4 Å². The number of aromatic nitrogens is 1. The minimum absolute atomic E-state index is 0.0721. The van der Waals surface area contributed by atoms with Gasteiger partial charge in [0.05, 0.1) is 11.6 Å². The lowest BCUT2D eigenvalue weighted by Gasteiger charge is -2.00. The number of carbonyl (C=O) groups excluding carboxylic acids is 1. The van der Waals surface area contributed by atoms with E-state index in [-0.39, 0.29) is 16.7 Å². The number of aryl methyl sites for hydroxylation is 1. The number of nitrogens with zero attached hydrogens (tertiary/aromatic N) is 1. The molecule has 0 bridgehead atoms. The van der Waals surface area contributed by atoms with Crippen LogP contribution in [0.1, 0.15) is 20.4 Å². The Kier molecular flexibility index (Phi) is 4.24. The first-order valence-electron chi connectivity index (χ1n) is 5.10. The lowest BCUT2D eigenvalue weighted by atomic mass is 10.4. The van der Waals surface area contributed by atoms with Crippen LogP contribution in [0.3, 0.4) is 0 Å². The summed E-state index contributed by atoms with van der Waals surface area (Å²) in [6, 6.07) is 3.04. The fourth-order valence-corrected chi connectivity index (χ4v) is 3.97. The minimum Gasteiger partial charge on any atom is -0.346 e. The molecule has 0 saturated heterocycles. The van der Waals surface area contributed by atoms with Crippen LogP contribution in [-0.4, -0.2) is 19.3 Å². The second-order valence-electron chi connectivity index (χ2n) is 3.59. The second-order valence-corrected chi connectivity index (χ2v) is 8.62. The molecule has 9 heteroatoms. The summed E-state index contributed by atoms with van der Waals surface area (Å²) in [6.07, 6.45) is 0. The van der Waals surface area contributed by atoms with Crippen LogP contribution in [0.4, 0.5) is 0 Å². The highest BCUT2D eigenvalue weighted by Crippen LogP contribution is 2.24. The van der Waals surface area contributed by atoms with Crippen molar-refractivity contribution in [3.63, 3.8) is 0 Å². The molecule has 0 atom stereocenters. The van der Waals surface area contributed by atoms with Gasteiger partial charge in [-0.15, -0.1) is 22.7 Å². The number of thiophene rings is 1. The molecule has 0 fully saturated rings. The predicted molar refractivity (Wildman–Crippen MR) is 75.4 cm³/mol. The molecule has 0 radical (unpaired) electrons. The third-order valence-electron chi connectivity index (χ3n) is 2.15. The van der Waals surface area contributed by atoms with Crippen LogP contribution in [0.25, 0.3) is 0 Å². The van der Waals surface area contributed by atoms with Crippen molar-refractivity contribution >= 4 is 48.3 Å². The Morgan fingerprint density at radius 2 is 2.21 bits per heavy atom. The van der Waals surface area contributed by atoms with Crippen LogP contribution in [0.2, 0.25) is 0 Å². The smallest absolute Gasteiger partial charge is 0.271 e. The molecule has 2 aromatic rings. The quantitative estimate of drug-likeness (QED) is 0.870. The maximum atomic E-state index is 11.7. The Balaban J connectivity index is 1.99. The number of amides is 1. The van der Waals surface area contributed by atoms with E-state index in [1.165, 1.54) is 17.4 Å². The van der Waals surface area contributed by atoms with Crippen molar-refractivity contribution in [1.82, 2.24) is 10.3 Å². The Morgan fingerprint density at radius 3 is 2.74 bits per heavy atom. The Hall–Kier alpha value is -0.960. The molecule has 19 heavy (non-hydrogen) atoms. The van der Waals surface area contributed by atoms with Crippen LogP contribution in [0, 0.1) is 6.92 Å². The van der Waals surface area contributed by atoms with Crippen LogP contribution in [0.5, 0.6) is 0 Å². The monoisotopic (exact) mass is 336 g/mol. The van der Waals surface area contributed by atoms with Crippen molar-refractivity contribution in [2.45, 2.75) is 17.7 Å². The van der Waals surface area contributed by atoms with E-state index in [0.29, 0.717) is 10.6 Å². The molecule has 0 aromatic carbocycles. The van der Waals surface area contributed by atoms with Gasteiger partial charge in [-0.3, -0.25) is 4.79 Å². The highest BCUT2D eigenvalue weighted by molar-refractivity contribution is 8.15. The normalized spacial score (nSPS) is 11.5. The lowest BCUT2D eigenvalue weighted by molar-refractivity contribution is 0.0947. The third-order valence-corrected chi connectivity index (χ3v) is 6.10. The summed E-state index contributed by atoms with van der Waals surface area (Å²) < 4.78 is 22.2. The summed E-state index contributed by atoms with van der Waals surface area (Å²) in [7, 11) is 1.52. The number of halogens is 1. The van der Waals surface area contributed by atoms with Gasteiger partial charge in [0.25, 0.3) is 15.0 Å². The van der Waals surface area contributed by atoms with E-state index in [1.54, 1.807) is 11.4 Å². The summed E-state index contributed by atoms with van der Waals surface area (Å²) in [4.78, 5) is 16.5. The van der Waals surface area contributed by atoms with E-state index in [0.717, 1.165) is 16.3 Å². The molecular formula is C10H9ClN2O3S3. The zero-order valence-electron chi connectivity index (χ0n) is 9.71. The zero-order chi connectivity index (χ0) is 14.0. The Labute approximate surface area is 122 Å². The van der Waals surface area contributed by atoms with Crippen molar-refractivity contribution in [3.05, 3.63) is 33.1 Å². The van der Waals surface area contributed by atoms with Crippen molar-refractivity contribution in [3.8, 4) is 0 Å². The number of carbonyl (C=O) groups is 1. The van der Waals surface area contributed by atoms with E-state index < -0.39 is 9.05 Å². The Morgan fingerprint density at radius 1 is 1.47 bits per heavy atom. The average molecular weight is 337 g/mol. The predicted octanol–water partition coefficient (Wildman–Crippen LogP) is 2.37. The molecule has 2 aromatic heterocycles. The molecule has 0 unspecified atom stereocenters. The summed E-state index contributed by atoms with van der Waals surface area (Å²) in [5, 5.41) is 5.16. The summed E-state index contributed by atoms with van der Waals surface area (Å²) in [5.41, 5.74) is 0.365. The highest BCUT2D eigenvalue weighted by Gasteiger charge is 2.14. The molecule has 0 aliphatic carbocycles. The first-order valence-corrected chi connectivity index (χ1v) is 9.10. The standard InChI is InChI=1S/C10H9ClN2O3S3/c1-6-13-8(5-17-6)10(14)12-4-7-2-3-9(18-7)19(11,15)16/h2-3,5H,4H2,1H3,(H,12,14). The molecule has 1 amide bonds. The van der Waals surface area contributed by atoms with Gasteiger partial charge in [-0.2, -0.15) is 0 Å². The average Bonchev–Trinajstić information content (AvgIpc) is 2.93. The van der Waals surface area contributed by atoms with Crippen molar-refractivity contribution < 1.29 is 13.2 Å². The number of nitrogens with one attached hydrogen (secondary N) is 1. The summed E-state index contributed by atoms with van der Waals surface area (Å²) in [6.45, 7) is 2.06. The van der Waals surface area contributed by atoms with Crippen LogP contribution in [-0.2, 0) is 15.6 Å². The second kappa shape index (κ2) is 5.58. The number of hydrogen-bond acceptors (Lipinski definition) is 6. The first-order chi connectivity index (χ1) is 8.86. The Bertz CT molecular complexity index is 705. The van der Waals surface area contributed by atoms with Crippen molar-refractivity contribution in [1.29, 1.82) is 0 Å². The maximum Gasteiger partial charge on any atom is 0.271 e. The molecule has 5 nitrogen and oxygen atoms in total. The van der Waals surface area contributed by atoms with Gasteiger partial charge < -0.3 is 5.32 Å². The van der Waals surface area contributed by atoms with E-state index in [4.69, 9.17) is 10.7 Å². The lowest BCUT2D eigenvalue weighted by Crippen LogP contribution is -2.22. The van der Waals surface area contributed by atoms with Gasteiger partial charge in [-0.1, -0.05) is 0 Å². The van der Waals surface area contributed by atoms with Gasteiger partial charge in [0.2, 0.25) is 0 Å². The van der Waals surface area contributed by atoms with Gasteiger partial charge in [0.15, 0.2) is 0 Å². The molecule has 0 aliphatic heterocycles. The van der Waals surface area contributed by atoms with E-state index in [9.17, 15) is 13.2 Å². The number of rotatable bonds is 4. The van der Waals surface area contributed by atoms with Gasteiger partial charge in [0, 0.05) is 20.9 Å². The van der Waals surface area contributed by atoms with Crippen molar-refractivity contribution in [2.75, 3.05) is 0 Å². The van der Waals surface area contributed by atoms with Gasteiger partial charge in [0.1, 0.15) is 9.90 Å². The molecule has 1 N–H and O–H groups in total. The van der Waals surface area contributed by atoms with Gasteiger partial charge >= 0.3 is 0 Å². The molecular weight excluding hydrogens is 328 g/mol. The maximum absolute atomic E-state index is 11.7. The van der Waals surface area contributed by atoms with Crippen LogP contribution >= 0.6 is 33.4 Å². The molecule has 0 saturated carbocycles. The number of hydrogen-bond donors (Lipinski definition) is 1. The SMILES string of the molecule is Cc1nc(C(=O)NCc2ccc(S(=O)(=O)Cl)s2)cs1. The number of thiazole rings is 1. The molecule has 0 spiro atoms. The van der Waals surface area contributed by atoms with Crippen LogP contribution in [0.15, 0.2) is 21.7 Å². The first kappa shape index (κ1) is 14.4. The minimum atomic E-state index is -3.70. The van der Waals surface area contributed by atoms with E-state index in [1.807, 2.05) is 6.92 Å². The van der Waals surface area contributed by atoms with Crippen LogP contribution < -0.4 is 5.32 Å². The van der Waals surface area contributed by atoms with E-state index in [2.05, 4.69) is 10.3 Å². The van der Waals surface area contributed by atoms with E-state index >= 15 is 0 Å². The fraction of sp³-hybridized carbons (Fsp3) is 0.200. The van der Waals surface area contributed by atoms with Gasteiger partial charge in [-0.05, 0) is 19.1 Å². The topological polar surface area (TPSA) is 76.1 Å². The molecule has 0 aliphatic rings. The van der Waals surface area contributed by atoms with Crippen molar-refractivity contribution in [2.24, 2.45) is 0 Å². The summed E-state index contributed by atoms with van der Waals surface area (Å²) in [5.74, 6) is -0.284. The fourth-order valence-electron chi connectivity index (χ4n) is 1.31. The molecule has 2 rings (SSSR count). The summed E-state index contributed by atoms with van der Waals surface area (Å²) >= 11 is 2.43. The molecule has 2 heterocycles. The largest absolute Gasteiger partial charge is 0.346 e.